The molecule has 2 heteroatoms. The largest absolute Gasteiger partial charge is 0.0843 e. The maximum absolute atomic E-state index is 5.92. The molecule has 15 heavy (non-hydrogen) atoms. The molecule has 0 N–H and O–H groups in total. The average molecular weight is 241 g/mol. The van der Waals surface area contributed by atoms with Crippen LogP contribution in [0.2, 0.25) is 24.7 Å². The SMILES string of the molecule is CCCC(c1ccc(Cl)cc1)[Si](C)(C)C. The molecule has 0 aliphatic heterocycles. The highest BCUT2D eigenvalue weighted by atomic mass is 35.5. The molecule has 1 aromatic rings. The topological polar surface area (TPSA) is 0 Å². The van der Waals surface area contributed by atoms with Crippen LogP contribution in [0.5, 0.6) is 0 Å². The van der Waals surface area contributed by atoms with Crippen molar-refractivity contribution < 1.29 is 0 Å². The molecule has 0 heterocycles. The lowest BCUT2D eigenvalue weighted by Crippen LogP contribution is -2.30. The molecule has 1 aromatic carbocycles. The molecule has 1 atom stereocenters. The Morgan fingerprint density at radius 1 is 1.13 bits per heavy atom. The van der Waals surface area contributed by atoms with E-state index in [1.807, 2.05) is 12.1 Å². The fraction of sp³-hybridized carbons (Fsp3) is 0.538. The molecular formula is C13H21ClSi. The summed E-state index contributed by atoms with van der Waals surface area (Å²) in [7, 11) is -1.11. The van der Waals surface area contributed by atoms with E-state index in [9.17, 15) is 0 Å². The Hall–Kier alpha value is -0.273. The van der Waals surface area contributed by atoms with Gasteiger partial charge in [-0.15, -0.1) is 0 Å². The Bertz CT molecular complexity index is 297. The Morgan fingerprint density at radius 2 is 1.67 bits per heavy atom. The maximum atomic E-state index is 5.92. The summed E-state index contributed by atoms with van der Waals surface area (Å²) in [5, 5.41) is 0.838. The van der Waals surface area contributed by atoms with E-state index < -0.39 is 8.07 Å². The summed E-state index contributed by atoms with van der Waals surface area (Å²) >= 11 is 5.92. The van der Waals surface area contributed by atoms with Crippen molar-refractivity contribution in [3.63, 3.8) is 0 Å². The highest BCUT2D eigenvalue weighted by Gasteiger charge is 2.26. The molecule has 0 saturated carbocycles. The van der Waals surface area contributed by atoms with Gasteiger partial charge in [-0.1, -0.05) is 56.7 Å². The van der Waals surface area contributed by atoms with Crippen LogP contribution in [0, 0.1) is 0 Å². The van der Waals surface area contributed by atoms with E-state index in [1.165, 1.54) is 18.4 Å². The molecule has 0 radical (unpaired) electrons. The third-order valence-corrected chi connectivity index (χ3v) is 5.86. The number of halogens is 1. The number of hydrogen-bond donors (Lipinski definition) is 0. The van der Waals surface area contributed by atoms with E-state index in [2.05, 4.69) is 38.7 Å². The first-order valence-corrected chi connectivity index (χ1v) is 9.66. The fourth-order valence-corrected chi connectivity index (χ4v) is 4.56. The summed E-state index contributed by atoms with van der Waals surface area (Å²) in [5.41, 5.74) is 2.24. The first-order valence-electron chi connectivity index (χ1n) is 5.70. The maximum Gasteiger partial charge on any atom is 0.0521 e. The first-order chi connectivity index (χ1) is 6.95. The van der Waals surface area contributed by atoms with Gasteiger partial charge in [0.1, 0.15) is 0 Å². The van der Waals surface area contributed by atoms with E-state index in [0.717, 1.165) is 10.6 Å². The van der Waals surface area contributed by atoms with Gasteiger partial charge in [0, 0.05) is 5.02 Å². The summed E-state index contributed by atoms with van der Waals surface area (Å²) in [6.45, 7) is 9.61. The summed E-state index contributed by atoms with van der Waals surface area (Å²) in [6.07, 6.45) is 2.56. The Morgan fingerprint density at radius 3 is 2.07 bits per heavy atom. The van der Waals surface area contributed by atoms with Crippen LogP contribution in [0.25, 0.3) is 0 Å². The molecule has 1 rings (SSSR count). The zero-order chi connectivity index (χ0) is 11.5. The van der Waals surface area contributed by atoms with E-state index in [1.54, 1.807) is 0 Å². The van der Waals surface area contributed by atoms with Crippen LogP contribution in [0.3, 0.4) is 0 Å². The van der Waals surface area contributed by atoms with E-state index in [4.69, 9.17) is 11.6 Å². The van der Waals surface area contributed by atoms with Crippen LogP contribution >= 0.6 is 11.6 Å². The number of hydrogen-bond acceptors (Lipinski definition) is 0. The molecule has 0 saturated heterocycles. The summed E-state index contributed by atoms with van der Waals surface area (Å²) in [4.78, 5) is 0. The zero-order valence-electron chi connectivity index (χ0n) is 10.2. The van der Waals surface area contributed by atoms with E-state index in [0.29, 0.717) is 0 Å². The van der Waals surface area contributed by atoms with Gasteiger partial charge in [-0.05, 0) is 29.7 Å². The lowest BCUT2D eigenvalue weighted by Gasteiger charge is -2.29. The van der Waals surface area contributed by atoms with Crippen molar-refractivity contribution in [2.45, 2.75) is 44.9 Å². The van der Waals surface area contributed by atoms with Gasteiger partial charge in [-0.25, -0.2) is 0 Å². The van der Waals surface area contributed by atoms with Crippen molar-refractivity contribution in [2.75, 3.05) is 0 Å². The van der Waals surface area contributed by atoms with Crippen molar-refractivity contribution in [1.29, 1.82) is 0 Å². The molecule has 0 nitrogen and oxygen atoms in total. The molecule has 0 amide bonds. The van der Waals surface area contributed by atoms with Crippen molar-refractivity contribution >= 4 is 19.7 Å². The minimum atomic E-state index is -1.11. The summed E-state index contributed by atoms with van der Waals surface area (Å²) < 4.78 is 0. The second-order valence-electron chi connectivity index (χ2n) is 5.26. The zero-order valence-corrected chi connectivity index (χ0v) is 11.9. The van der Waals surface area contributed by atoms with E-state index >= 15 is 0 Å². The number of rotatable bonds is 4. The van der Waals surface area contributed by atoms with Crippen LogP contribution in [0.4, 0.5) is 0 Å². The predicted molar refractivity (Wildman–Crippen MR) is 72.4 cm³/mol. The van der Waals surface area contributed by atoms with Gasteiger partial charge in [0.25, 0.3) is 0 Å². The Kier molecular flexibility index (Phi) is 4.41. The second-order valence-corrected chi connectivity index (χ2v) is 11.1. The lowest BCUT2D eigenvalue weighted by molar-refractivity contribution is 0.746. The minimum Gasteiger partial charge on any atom is -0.0843 e. The minimum absolute atomic E-state index is 0.764. The first kappa shape index (κ1) is 12.8. The third kappa shape index (κ3) is 3.65. The van der Waals surface area contributed by atoms with Gasteiger partial charge in [0.15, 0.2) is 0 Å². The molecular weight excluding hydrogens is 220 g/mol. The van der Waals surface area contributed by atoms with Gasteiger partial charge in [-0.2, -0.15) is 0 Å². The van der Waals surface area contributed by atoms with Gasteiger partial charge in [-0.3, -0.25) is 0 Å². The standard InChI is InChI=1S/C13H21ClSi/c1-5-6-13(15(2,3)4)11-7-9-12(14)10-8-11/h7-10,13H,5-6H2,1-4H3. The van der Waals surface area contributed by atoms with E-state index in [-0.39, 0.29) is 0 Å². The van der Waals surface area contributed by atoms with Crippen LogP contribution in [-0.2, 0) is 0 Å². The van der Waals surface area contributed by atoms with Crippen molar-refractivity contribution in [3.8, 4) is 0 Å². The molecule has 0 bridgehead atoms. The van der Waals surface area contributed by atoms with Gasteiger partial charge in [0.2, 0.25) is 0 Å². The highest BCUT2D eigenvalue weighted by Crippen LogP contribution is 2.31. The molecule has 0 fully saturated rings. The van der Waals surface area contributed by atoms with Crippen molar-refractivity contribution in [3.05, 3.63) is 34.9 Å². The third-order valence-electron chi connectivity index (χ3n) is 2.90. The van der Waals surface area contributed by atoms with Crippen LogP contribution in [-0.4, -0.2) is 8.07 Å². The summed E-state index contributed by atoms with van der Waals surface area (Å²) in [6, 6.07) is 8.42. The number of benzene rings is 1. The van der Waals surface area contributed by atoms with Gasteiger partial charge in [0.05, 0.1) is 8.07 Å². The highest BCUT2D eigenvalue weighted by molar-refractivity contribution is 6.77. The monoisotopic (exact) mass is 240 g/mol. The summed E-state index contributed by atoms with van der Waals surface area (Å²) in [5.74, 6) is 0. The smallest absolute Gasteiger partial charge is 0.0521 e. The molecule has 0 spiro atoms. The van der Waals surface area contributed by atoms with Crippen molar-refractivity contribution in [2.24, 2.45) is 0 Å². The molecule has 0 aromatic heterocycles. The molecule has 0 aliphatic rings. The Labute approximate surface area is 99.7 Å². The average Bonchev–Trinajstić information content (AvgIpc) is 2.14. The lowest BCUT2D eigenvalue weighted by atomic mass is 10.1. The Balaban J connectivity index is 2.94. The van der Waals surface area contributed by atoms with Gasteiger partial charge < -0.3 is 0 Å². The molecule has 1 unspecified atom stereocenters. The fourth-order valence-electron chi connectivity index (χ4n) is 2.08. The molecule has 0 aliphatic carbocycles. The van der Waals surface area contributed by atoms with Crippen LogP contribution in [0.1, 0.15) is 30.9 Å². The van der Waals surface area contributed by atoms with Crippen molar-refractivity contribution in [1.82, 2.24) is 0 Å². The predicted octanol–water partition coefficient (Wildman–Crippen LogP) is 5.10. The van der Waals surface area contributed by atoms with Gasteiger partial charge >= 0.3 is 0 Å². The quantitative estimate of drug-likeness (QED) is 0.643. The second kappa shape index (κ2) is 5.18. The normalized spacial score (nSPS) is 13.9. The van der Waals surface area contributed by atoms with Crippen LogP contribution in [0.15, 0.2) is 24.3 Å². The van der Waals surface area contributed by atoms with Crippen LogP contribution < -0.4 is 0 Å². The molecule has 84 valence electrons.